The Kier molecular flexibility index (Phi) is 4.78. The second-order valence-electron chi connectivity index (χ2n) is 5.06. The number of benzene rings is 1. The molecule has 19 heavy (non-hydrogen) atoms. The van der Waals surface area contributed by atoms with E-state index in [2.05, 4.69) is 0 Å². The summed E-state index contributed by atoms with van der Waals surface area (Å²) in [5.41, 5.74) is 5.80. The zero-order valence-corrected chi connectivity index (χ0v) is 12.2. The summed E-state index contributed by atoms with van der Waals surface area (Å²) >= 11 is 0. The van der Waals surface area contributed by atoms with E-state index < -0.39 is 5.54 Å². The Hall–Kier alpha value is -1.75. The van der Waals surface area contributed by atoms with Gasteiger partial charge in [-0.3, -0.25) is 4.79 Å². The summed E-state index contributed by atoms with van der Waals surface area (Å²) in [7, 11) is 4.92. The number of nitrogens with two attached hydrogens (primary N) is 1. The number of hydrogen-bond acceptors (Lipinski definition) is 4. The zero-order chi connectivity index (χ0) is 14.6. The van der Waals surface area contributed by atoms with Gasteiger partial charge in [0.15, 0.2) is 0 Å². The number of likely N-dealkylation sites (N-methyl/N-ethyl adjacent to an activating group) is 1. The number of hydrogen-bond donors (Lipinski definition) is 1. The summed E-state index contributed by atoms with van der Waals surface area (Å²) in [6.45, 7) is 3.79. The quantitative estimate of drug-likeness (QED) is 0.875. The number of carbonyl (C=O) groups is 1. The van der Waals surface area contributed by atoms with E-state index in [1.54, 1.807) is 40.0 Å². The molecule has 0 spiro atoms. The molecule has 1 rings (SSSR count). The Labute approximate surface area is 114 Å². The van der Waals surface area contributed by atoms with Crippen molar-refractivity contribution in [3.8, 4) is 11.5 Å². The third-order valence-corrected chi connectivity index (χ3v) is 2.79. The number of methoxy groups -OCH3 is 2. The van der Waals surface area contributed by atoms with Gasteiger partial charge in [0.25, 0.3) is 0 Å². The first kappa shape index (κ1) is 15.3. The number of rotatable bonds is 5. The van der Waals surface area contributed by atoms with E-state index in [9.17, 15) is 4.79 Å². The molecule has 2 N–H and O–H groups in total. The fraction of sp³-hybridized carbons (Fsp3) is 0.500. The van der Waals surface area contributed by atoms with E-state index in [1.165, 1.54) is 0 Å². The minimum Gasteiger partial charge on any atom is -0.497 e. The largest absolute Gasteiger partial charge is 0.497 e. The number of nitrogens with zero attached hydrogens (tertiary/aromatic N) is 1. The van der Waals surface area contributed by atoms with Crippen LogP contribution in [0.1, 0.15) is 19.4 Å². The van der Waals surface area contributed by atoms with Gasteiger partial charge in [-0.25, -0.2) is 0 Å². The van der Waals surface area contributed by atoms with Crippen LogP contribution >= 0.6 is 0 Å². The van der Waals surface area contributed by atoms with Crippen molar-refractivity contribution in [3.05, 3.63) is 23.8 Å². The van der Waals surface area contributed by atoms with Crippen LogP contribution in [0.25, 0.3) is 0 Å². The van der Waals surface area contributed by atoms with E-state index in [-0.39, 0.29) is 5.91 Å². The maximum atomic E-state index is 12.1. The van der Waals surface area contributed by atoms with E-state index >= 15 is 0 Å². The van der Waals surface area contributed by atoms with Gasteiger partial charge in [0.2, 0.25) is 5.91 Å². The summed E-state index contributed by atoms with van der Waals surface area (Å²) in [5, 5.41) is 0. The zero-order valence-electron chi connectivity index (χ0n) is 12.2. The molecule has 1 aromatic rings. The van der Waals surface area contributed by atoms with Gasteiger partial charge in [0.1, 0.15) is 11.5 Å². The lowest BCUT2D eigenvalue weighted by Gasteiger charge is -2.26. The van der Waals surface area contributed by atoms with Crippen LogP contribution in [-0.4, -0.2) is 37.6 Å². The van der Waals surface area contributed by atoms with Crippen LogP contribution in [-0.2, 0) is 11.3 Å². The Morgan fingerprint density at radius 2 is 1.95 bits per heavy atom. The average molecular weight is 266 g/mol. The van der Waals surface area contributed by atoms with Crippen LogP contribution in [0, 0.1) is 0 Å². The molecule has 0 fully saturated rings. The Bertz CT molecular complexity index is 452. The van der Waals surface area contributed by atoms with Crippen molar-refractivity contribution in [2.45, 2.75) is 25.9 Å². The highest BCUT2D eigenvalue weighted by Crippen LogP contribution is 2.25. The monoisotopic (exact) mass is 266 g/mol. The molecule has 0 heterocycles. The summed E-state index contributed by atoms with van der Waals surface area (Å²) in [6, 6.07) is 5.49. The molecule has 0 aliphatic rings. The summed E-state index contributed by atoms with van der Waals surface area (Å²) in [5.74, 6) is 1.32. The van der Waals surface area contributed by atoms with Gasteiger partial charge in [0, 0.05) is 19.2 Å². The molecule has 5 heteroatoms. The van der Waals surface area contributed by atoms with E-state index in [0.717, 1.165) is 17.1 Å². The smallest absolute Gasteiger partial charge is 0.242 e. The Morgan fingerprint density at radius 1 is 1.32 bits per heavy atom. The first-order chi connectivity index (χ1) is 8.79. The highest BCUT2D eigenvalue weighted by molar-refractivity contribution is 5.85. The third kappa shape index (κ3) is 3.86. The van der Waals surface area contributed by atoms with Crippen LogP contribution in [0.3, 0.4) is 0 Å². The van der Waals surface area contributed by atoms with Crippen LogP contribution in [0.4, 0.5) is 0 Å². The minimum atomic E-state index is -0.888. The van der Waals surface area contributed by atoms with Gasteiger partial charge in [-0.05, 0) is 32.0 Å². The Morgan fingerprint density at radius 3 is 2.42 bits per heavy atom. The van der Waals surface area contributed by atoms with Crippen LogP contribution in [0.5, 0.6) is 11.5 Å². The molecule has 0 bridgehead atoms. The van der Waals surface area contributed by atoms with Crippen LogP contribution < -0.4 is 15.2 Å². The van der Waals surface area contributed by atoms with Crippen molar-refractivity contribution >= 4 is 5.91 Å². The number of carbonyl (C=O) groups excluding carboxylic acids is 1. The fourth-order valence-electron chi connectivity index (χ4n) is 1.82. The average Bonchev–Trinajstić information content (AvgIpc) is 2.36. The van der Waals surface area contributed by atoms with Crippen molar-refractivity contribution in [1.29, 1.82) is 0 Å². The molecule has 0 unspecified atom stereocenters. The molecule has 0 aliphatic carbocycles. The predicted octanol–water partition coefficient (Wildman–Crippen LogP) is 1.40. The number of ether oxygens (including phenoxy) is 2. The molecule has 0 aromatic heterocycles. The molecule has 5 nitrogen and oxygen atoms in total. The molecule has 0 aliphatic heterocycles. The van der Waals surface area contributed by atoms with Crippen LogP contribution in [0.15, 0.2) is 18.2 Å². The highest BCUT2D eigenvalue weighted by atomic mass is 16.5. The summed E-state index contributed by atoms with van der Waals surface area (Å²) < 4.78 is 10.5. The second-order valence-corrected chi connectivity index (χ2v) is 5.06. The molecule has 1 amide bonds. The van der Waals surface area contributed by atoms with E-state index in [4.69, 9.17) is 15.2 Å². The van der Waals surface area contributed by atoms with Crippen molar-refractivity contribution in [2.24, 2.45) is 5.73 Å². The summed E-state index contributed by atoms with van der Waals surface area (Å²) in [4.78, 5) is 13.6. The van der Waals surface area contributed by atoms with Gasteiger partial charge in [-0.1, -0.05) is 0 Å². The SMILES string of the molecule is COc1ccc(OC)c(CN(C)C(=O)C(C)(C)N)c1. The van der Waals surface area contributed by atoms with Crippen molar-refractivity contribution < 1.29 is 14.3 Å². The lowest BCUT2D eigenvalue weighted by Crippen LogP contribution is -2.49. The van der Waals surface area contributed by atoms with Gasteiger partial charge in [-0.15, -0.1) is 0 Å². The summed E-state index contributed by atoms with van der Waals surface area (Å²) in [6.07, 6.45) is 0. The topological polar surface area (TPSA) is 64.8 Å². The molecule has 1 aromatic carbocycles. The molecule has 106 valence electrons. The lowest BCUT2D eigenvalue weighted by molar-refractivity contribution is -0.135. The maximum absolute atomic E-state index is 12.1. The normalized spacial score (nSPS) is 11.1. The van der Waals surface area contributed by atoms with Crippen molar-refractivity contribution in [1.82, 2.24) is 4.90 Å². The van der Waals surface area contributed by atoms with Crippen LogP contribution in [0.2, 0.25) is 0 Å². The van der Waals surface area contributed by atoms with E-state index in [0.29, 0.717) is 6.54 Å². The van der Waals surface area contributed by atoms with Gasteiger partial charge < -0.3 is 20.1 Å². The van der Waals surface area contributed by atoms with Gasteiger partial charge in [0.05, 0.1) is 19.8 Å². The molecule has 0 atom stereocenters. The standard InChI is InChI=1S/C14H22N2O3/c1-14(2,15)13(17)16(3)9-10-8-11(18-4)6-7-12(10)19-5/h6-8H,9,15H2,1-5H3. The fourth-order valence-corrected chi connectivity index (χ4v) is 1.82. The van der Waals surface area contributed by atoms with E-state index in [1.807, 2.05) is 18.2 Å². The molecule has 0 saturated heterocycles. The van der Waals surface area contributed by atoms with Crippen molar-refractivity contribution in [2.75, 3.05) is 21.3 Å². The van der Waals surface area contributed by atoms with Crippen molar-refractivity contribution in [3.63, 3.8) is 0 Å². The number of amides is 1. The molecular weight excluding hydrogens is 244 g/mol. The van der Waals surface area contributed by atoms with Gasteiger partial charge >= 0.3 is 0 Å². The first-order valence-corrected chi connectivity index (χ1v) is 6.05. The lowest BCUT2D eigenvalue weighted by atomic mass is 10.1. The predicted molar refractivity (Wildman–Crippen MR) is 74.3 cm³/mol. The minimum absolute atomic E-state index is 0.127. The third-order valence-electron chi connectivity index (χ3n) is 2.79. The van der Waals surface area contributed by atoms with Gasteiger partial charge in [-0.2, -0.15) is 0 Å². The molecule has 0 saturated carbocycles. The second kappa shape index (κ2) is 5.93. The maximum Gasteiger partial charge on any atom is 0.242 e. The first-order valence-electron chi connectivity index (χ1n) is 6.05. The Balaban J connectivity index is 2.95. The highest BCUT2D eigenvalue weighted by Gasteiger charge is 2.26. The molecule has 0 radical (unpaired) electrons. The molecular formula is C14H22N2O3.